The first kappa shape index (κ1) is 11.8. The number of nitrogens with two attached hydrogens (primary N) is 1. The van der Waals surface area contributed by atoms with Crippen molar-refractivity contribution in [3.8, 4) is 11.8 Å². The molecule has 0 aliphatic carbocycles. The minimum atomic E-state index is -0.330. The number of pyridine rings is 1. The number of anilines is 1. The van der Waals surface area contributed by atoms with Crippen molar-refractivity contribution in [3.05, 3.63) is 42.0 Å². The number of carbonyl (C=O) groups excluding carboxylic acids is 1. The van der Waals surface area contributed by atoms with Crippen LogP contribution in [0.3, 0.4) is 0 Å². The van der Waals surface area contributed by atoms with Gasteiger partial charge in [0.25, 0.3) is 5.91 Å². The van der Waals surface area contributed by atoms with Gasteiger partial charge in [0.15, 0.2) is 0 Å². The zero-order chi connectivity index (χ0) is 12.8. The van der Waals surface area contributed by atoms with Crippen molar-refractivity contribution in [1.82, 2.24) is 15.0 Å². The number of H-pyrrole nitrogens is 1. The fourth-order valence-corrected chi connectivity index (χ4v) is 1.26. The van der Waals surface area contributed by atoms with Gasteiger partial charge in [-0.3, -0.25) is 10.1 Å². The van der Waals surface area contributed by atoms with Gasteiger partial charge in [-0.05, 0) is 12.1 Å². The Kier molecular flexibility index (Phi) is 3.69. The first-order valence-electron chi connectivity index (χ1n) is 5.25. The summed E-state index contributed by atoms with van der Waals surface area (Å²) in [6.45, 7) is 0.292. The van der Waals surface area contributed by atoms with Gasteiger partial charge in [-0.15, -0.1) is 0 Å². The second-order valence-corrected chi connectivity index (χ2v) is 3.33. The van der Waals surface area contributed by atoms with Crippen molar-refractivity contribution in [3.63, 3.8) is 0 Å². The largest absolute Gasteiger partial charge is 0.331 e. The highest BCUT2D eigenvalue weighted by Crippen LogP contribution is 2.02. The Labute approximate surface area is 104 Å². The predicted molar refractivity (Wildman–Crippen MR) is 66.7 cm³/mol. The van der Waals surface area contributed by atoms with Crippen LogP contribution < -0.4 is 11.1 Å². The normalized spacial score (nSPS) is 9.39. The molecule has 0 aliphatic rings. The van der Waals surface area contributed by atoms with E-state index >= 15 is 0 Å². The molecule has 1 amide bonds. The standard InChI is InChI=1S/C12H11N5O/c13-5-1-2-9-3-4-10(16-8-9)11(18)17-12-14-6-7-15-12/h3-4,6-8H,5,13H2,(H2,14,15,17,18). The lowest BCUT2D eigenvalue weighted by molar-refractivity contribution is 0.102. The summed E-state index contributed by atoms with van der Waals surface area (Å²) in [5.41, 5.74) is 6.28. The number of amides is 1. The van der Waals surface area contributed by atoms with E-state index in [-0.39, 0.29) is 5.91 Å². The molecule has 0 fully saturated rings. The molecule has 6 heteroatoms. The second-order valence-electron chi connectivity index (χ2n) is 3.33. The van der Waals surface area contributed by atoms with Gasteiger partial charge in [0, 0.05) is 24.2 Å². The highest BCUT2D eigenvalue weighted by atomic mass is 16.2. The van der Waals surface area contributed by atoms with E-state index in [1.54, 1.807) is 24.5 Å². The van der Waals surface area contributed by atoms with E-state index in [0.29, 0.717) is 18.2 Å². The number of hydrogen-bond donors (Lipinski definition) is 3. The lowest BCUT2D eigenvalue weighted by Crippen LogP contribution is -2.14. The van der Waals surface area contributed by atoms with E-state index in [2.05, 4.69) is 32.1 Å². The number of hydrogen-bond acceptors (Lipinski definition) is 4. The molecule has 0 radical (unpaired) electrons. The number of aromatic amines is 1. The monoisotopic (exact) mass is 241 g/mol. The summed E-state index contributed by atoms with van der Waals surface area (Å²) in [6.07, 6.45) is 4.70. The molecule has 6 nitrogen and oxygen atoms in total. The first-order chi connectivity index (χ1) is 8.79. The fraction of sp³-hybridized carbons (Fsp3) is 0.0833. The number of rotatable bonds is 2. The molecule has 2 heterocycles. The Morgan fingerprint density at radius 3 is 2.94 bits per heavy atom. The summed E-state index contributed by atoms with van der Waals surface area (Å²) in [7, 11) is 0. The molecular formula is C12H11N5O. The smallest absolute Gasteiger partial charge is 0.276 e. The van der Waals surface area contributed by atoms with Gasteiger partial charge in [0.2, 0.25) is 5.95 Å². The Morgan fingerprint density at radius 2 is 2.33 bits per heavy atom. The average molecular weight is 241 g/mol. The summed E-state index contributed by atoms with van der Waals surface area (Å²) in [5.74, 6) is 5.59. The summed E-state index contributed by atoms with van der Waals surface area (Å²) in [4.78, 5) is 22.4. The predicted octanol–water partition coefficient (Wildman–Crippen LogP) is 0.367. The van der Waals surface area contributed by atoms with Gasteiger partial charge < -0.3 is 10.7 Å². The third-order valence-corrected chi connectivity index (χ3v) is 2.06. The summed E-state index contributed by atoms with van der Waals surface area (Å²) in [6, 6.07) is 3.31. The number of nitrogens with one attached hydrogen (secondary N) is 2. The number of imidazole rings is 1. The molecule has 18 heavy (non-hydrogen) atoms. The Balaban J connectivity index is 2.07. The van der Waals surface area contributed by atoms with Crippen LogP contribution in [0.1, 0.15) is 16.1 Å². The van der Waals surface area contributed by atoms with E-state index in [1.165, 1.54) is 6.20 Å². The molecule has 0 aliphatic heterocycles. The Bertz CT molecular complexity index is 577. The van der Waals surface area contributed by atoms with Crippen LogP contribution in [0.2, 0.25) is 0 Å². The van der Waals surface area contributed by atoms with Crippen molar-refractivity contribution in [2.45, 2.75) is 0 Å². The highest BCUT2D eigenvalue weighted by Gasteiger charge is 2.07. The van der Waals surface area contributed by atoms with Crippen LogP contribution >= 0.6 is 0 Å². The minimum Gasteiger partial charge on any atom is -0.331 e. The van der Waals surface area contributed by atoms with Gasteiger partial charge in [-0.25, -0.2) is 9.97 Å². The van der Waals surface area contributed by atoms with Crippen molar-refractivity contribution in [2.24, 2.45) is 5.73 Å². The van der Waals surface area contributed by atoms with Crippen molar-refractivity contribution in [2.75, 3.05) is 11.9 Å². The third kappa shape index (κ3) is 2.93. The Hall–Kier alpha value is -2.65. The molecule has 0 bridgehead atoms. The molecule has 2 aromatic heterocycles. The van der Waals surface area contributed by atoms with E-state index < -0.39 is 0 Å². The second kappa shape index (κ2) is 5.61. The van der Waals surface area contributed by atoms with Crippen LogP contribution in [-0.4, -0.2) is 27.4 Å². The van der Waals surface area contributed by atoms with Crippen molar-refractivity contribution < 1.29 is 4.79 Å². The van der Waals surface area contributed by atoms with Crippen molar-refractivity contribution >= 4 is 11.9 Å². The zero-order valence-corrected chi connectivity index (χ0v) is 9.47. The van der Waals surface area contributed by atoms with Crippen LogP contribution in [0.5, 0.6) is 0 Å². The maximum Gasteiger partial charge on any atom is 0.276 e. The number of carbonyl (C=O) groups is 1. The van der Waals surface area contributed by atoms with E-state index in [9.17, 15) is 4.79 Å². The summed E-state index contributed by atoms with van der Waals surface area (Å²) in [5, 5.41) is 2.58. The zero-order valence-electron chi connectivity index (χ0n) is 9.47. The van der Waals surface area contributed by atoms with Crippen molar-refractivity contribution in [1.29, 1.82) is 0 Å². The molecular weight excluding hydrogens is 230 g/mol. The van der Waals surface area contributed by atoms with E-state index in [1.807, 2.05) is 0 Å². The third-order valence-electron chi connectivity index (χ3n) is 2.06. The van der Waals surface area contributed by atoms with E-state index in [4.69, 9.17) is 5.73 Å². The molecule has 0 aromatic carbocycles. The molecule has 0 saturated carbocycles. The van der Waals surface area contributed by atoms with Crippen LogP contribution in [-0.2, 0) is 0 Å². The van der Waals surface area contributed by atoms with Gasteiger partial charge in [-0.2, -0.15) is 0 Å². The lowest BCUT2D eigenvalue weighted by Gasteiger charge is -2.00. The fourth-order valence-electron chi connectivity index (χ4n) is 1.26. The molecule has 0 unspecified atom stereocenters. The minimum absolute atomic E-state index is 0.292. The van der Waals surface area contributed by atoms with Gasteiger partial charge in [-0.1, -0.05) is 11.8 Å². The van der Waals surface area contributed by atoms with Gasteiger partial charge in [0.05, 0.1) is 6.54 Å². The van der Waals surface area contributed by atoms with Crippen LogP contribution in [0.25, 0.3) is 0 Å². The van der Waals surface area contributed by atoms with Crippen LogP contribution in [0, 0.1) is 11.8 Å². The number of aromatic nitrogens is 3. The van der Waals surface area contributed by atoms with Gasteiger partial charge in [0.1, 0.15) is 5.69 Å². The molecule has 0 saturated heterocycles. The molecule has 2 aromatic rings. The molecule has 4 N–H and O–H groups in total. The average Bonchev–Trinajstić information content (AvgIpc) is 2.89. The first-order valence-corrected chi connectivity index (χ1v) is 5.25. The maximum atomic E-state index is 11.7. The molecule has 0 spiro atoms. The maximum absolute atomic E-state index is 11.7. The SMILES string of the molecule is NCC#Cc1ccc(C(=O)Nc2ncc[nH]2)nc1. The quantitative estimate of drug-likeness (QED) is 0.662. The van der Waals surface area contributed by atoms with Crippen LogP contribution in [0.4, 0.5) is 5.95 Å². The van der Waals surface area contributed by atoms with Gasteiger partial charge >= 0.3 is 0 Å². The summed E-state index contributed by atoms with van der Waals surface area (Å²) < 4.78 is 0. The highest BCUT2D eigenvalue weighted by molar-refractivity contribution is 6.01. The number of nitrogens with zero attached hydrogens (tertiary/aromatic N) is 2. The molecule has 2 rings (SSSR count). The Morgan fingerprint density at radius 1 is 1.44 bits per heavy atom. The lowest BCUT2D eigenvalue weighted by atomic mass is 10.2. The molecule has 90 valence electrons. The summed E-state index contributed by atoms with van der Waals surface area (Å²) >= 11 is 0. The topological polar surface area (TPSA) is 96.7 Å². The van der Waals surface area contributed by atoms with Crippen LogP contribution in [0.15, 0.2) is 30.7 Å². The van der Waals surface area contributed by atoms with E-state index in [0.717, 1.165) is 5.56 Å². The molecule has 0 atom stereocenters.